The van der Waals surface area contributed by atoms with E-state index in [-0.39, 0.29) is 0 Å². The van der Waals surface area contributed by atoms with Crippen molar-refractivity contribution in [3.8, 4) is 0 Å². The van der Waals surface area contributed by atoms with Gasteiger partial charge in [-0.2, -0.15) is 74.6 Å². The van der Waals surface area contributed by atoms with Crippen molar-refractivity contribution < 1.29 is 105 Å². The molecule has 40 heavy (non-hydrogen) atoms. The quantitative estimate of drug-likeness (QED) is 0.193. The number of alkyl halides is 17. The first-order chi connectivity index (χ1) is 17.5. The van der Waals surface area contributed by atoms with Crippen LogP contribution in [0.25, 0.3) is 0 Å². The number of halogens is 17. The van der Waals surface area contributed by atoms with Crippen molar-refractivity contribution >= 4 is 0 Å². The van der Waals surface area contributed by atoms with Gasteiger partial charge in [-0.15, -0.1) is 0 Å². The Bertz CT molecular complexity index is 864. The van der Waals surface area contributed by atoms with Crippen LogP contribution in [0.2, 0.25) is 0 Å². The van der Waals surface area contributed by atoms with E-state index in [1.807, 2.05) is 0 Å². The minimum Gasteiger partial charge on any atom is -0.394 e. The van der Waals surface area contributed by atoms with Crippen molar-refractivity contribution in [2.24, 2.45) is 0 Å². The van der Waals surface area contributed by atoms with Crippen LogP contribution in [-0.4, -0.2) is 112 Å². The van der Waals surface area contributed by atoms with Gasteiger partial charge in [0.1, 0.15) is 24.4 Å². The van der Waals surface area contributed by atoms with E-state index < -0.39 is 104 Å². The Balaban J connectivity index is 3.19. The predicted molar refractivity (Wildman–Crippen MR) is 89.6 cm³/mol. The van der Waals surface area contributed by atoms with Gasteiger partial charge in [0.2, 0.25) is 0 Å². The average molecular weight is 640 g/mol. The lowest BCUT2D eigenvalue weighted by atomic mass is 9.88. The van der Waals surface area contributed by atoms with Crippen LogP contribution in [-0.2, 0) is 9.47 Å². The highest BCUT2D eigenvalue weighted by atomic mass is 19.4. The molecule has 0 aromatic heterocycles. The third kappa shape index (κ3) is 5.52. The Labute approximate surface area is 210 Å². The summed E-state index contributed by atoms with van der Waals surface area (Å²) in [5.41, 5.74) is 0. The maximum absolute atomic E-state index is 13.9. The highest BCUT2D eigenvalue weighted by molar-refractivity contribution is 5.15. The highest BCUT2D eigenvalue weighted by Gasteiger charge is 2.95. The summed E-state index contributed by atoms with van der Waals surface area (Å²) in [5, 5.41) is 37.7. The molecule has 1 rings (SSSR count). The van der Waals surface area contributed by atoms with Gasteiger partial charge < -0.3 is 29.9 Å². The molecule has 23 heteroatoms. The van der Waals surface area contributed by atoms with E-state index in [1.165, 1.54) is 0 Å². The maximum Gasteiger partial charge on any atom is 0.460 e. The molecule has 0 spiro atoms. The Morgan fingerprint density at radius 2 is 0.975 bits per heavy atom. The van der Waals surface area contributed by atoms with E-state index in [4.69, 9.17) is 5.11 Å². The summed E-state index contributed by atoms with van der Waals surface area (Å²) in [7, 11) is 0. The summed E-state index contributed by atoms with van der Waals surface area (Å²) < 4.78 is 234. The topological polar surface area (TPSA) is 99.4 Å². The highest BCUT2D eigenvalue weighted by Crippen LogP contribution is 2.64. The number of aliphatic hydroxyl groups is 4. The van der Waals surface area contributed by atoms with Crippen LogP contribution in [0, 0.1) is 0 Å². The fourth-order valence-electron chi connectivity index (χ4n) is 3.13. The van der Waals surface area contributed by atoms with Gasteiger partial charge in [0, 0.05) is 13.0 Å². The summed E-state index contributed by atoms with van der Waals surface area (Å²) in [6, 6.07) is 0. The molecule has 4 N–H and O–H groups in total. The molecule has 5 atom stereocenters. The molecule has 0 aliphatic carbocycles. The second-order valence-corrected chi connectivity index (χ2v) is 8.32. The lowest BCUT2D eigenvalue weighted by Gasteiger charge is -2.43. The summed E-state index contributed by atoms with van der Waals surface area (Å²) in [4.78, 5) is 0. The maximum atomic E-state index is 13.9. The normalized spacial score (nSPS) is 26.8. The second kappa shape index (κ2) is 11.0. The van der Waals surface area contributed by atoms with Crippen LogP contribution < -0.4 is 0 Å². The molecule has 0 radical (unpaired) electrons. The minimum absolute atomic E-state index is 1.06. The van der Waals surface area contributed by atoms with Gasteiger partial charge >= 0.3 is 47.6 Å². The van der Waals surface area contributed by atoms with Gasteiger partial charge in [-0.3, -0.25) is 0 Å². The van der Waals surface area contributed by atoms with Crippen LogP contribution in [0.4, 0.5) is 74.6 Å². The van der Waals surface area contributed by atoms with Crippen LogP contribution in [0.3, 0.4) is 0 Å². The van der Waals surface area contributed by atoms with E-state index in [2.05, 4.69) is 9.47 Å². The molecule has 0 amide bonds. The van der Waals surface area contributed by atoms with Crippen molar-refractivity contribution in [1.82, 2.24) is 0 Å². The van der Waals surface area contributed by atoms with Crippen molar-refractivity contribution in [3.05, 3.63) is 0 Å². The van der Waals surface area contributed by atoms with Crippen LogP contribution in [0.1, 0.15) is 12.8 Å². The monoisotopic (exact) mass is 640 g/mol. The third-order valence-electron chi connectivity index (χ3n) is 5.57. The van der Waals surface area contributed by atoms with E-state index in [0.29, 0.717) is 0 Å². The first kappa shape index (κ1) is 36.6. The second-order valence-electron chi connectivity index (χ2n) is 8.32. The third-order valence-corrected chi connectivity index (χ3v) is 5.57. The van der Waals surface area contributed by atoms with Gasteiger partial charge in [-0.1, -0.05) is 0 Å². The predicted octanol–water partition coefficient (Wildman–Crippen LogP) is 3.59. The standard InChI is InChI=1S/C17H17F17O6/c18-10(19,2-1-3-39-8-6(36)5(4-35)40-9(38)7(8)37)11(20,21)12(22,23)13(24,25)14(26,27)15(28,29)16(30,31)17(32,33)34/h5-9,35-38H,1-4H2/t5-,6-,7-,8+,9+/m0/s1. The smallest absolute Gasteiger partial charge is 0.394 e. The Kier molecular flexibility index (Phi) is 10.1. The van der Waals surface area contributed by atoms with E-state index >= 15 is 0 Å². The fourth-order valence-corrected chi connectivity index (χ4v) is 3.13. The zero-order chi connectivity index (χ0) is 32.1. The molecule has 0 unspecified atom stereocenters. The average Bonchev–Trinajstić information content (AvgIpc) is 2.79. The summed E-state index contributed by atoms with van der Waals surface area (Å²) in [6.45, 7) is -2.47. The molecule has 0 bridgehead atoms. The zero-order valence-corrected chi connectivity index (χ0v) is 18.7. The summed E-state index contributed by atoms with van der Waals surface area (Å²) >= 11 is 0. The van der Waals surface area contributed by atoms with Crippen molar-refractivity contribution in [3.63, 3.8) is 0 Å². The molecule has 240 valence electrons. The lowest BCUT2D eigenvalue weighted by molar-refractivity contribution is -0.461. The van der Waals surface area contributed by atoms with Crippen molar-refractivity contribution in [1.29, 1.82) is 0 Å². The molecule has 1 fully saturated rings. The molecule has 1 saturated heterocycles. The zero-order valence-electron chi connectivity index (χ0n) is 18.7. The number of aliphatic hydroxyl groups excluding tert-OH is 4. The molecule has 1 aliphatic rings. The van der Waals surface area contributed by atoms with Crippen molar-refractivity contribution in [2.75, 3.05) is 13.2 Å². The minimum atomic E-state index is -8.72. The Hall–Kier alpha value is -1.43. The molecular weight excluding hydrogens is 623 g/mol. The number of ether oxygens (including phenoxy) is 2. The van der Waals surface area contributed by atoms with Crippen LogP contribution >= 0.6 is 0 Å². The Morgan fingerprint density at radius 3 is 1.38 bits per heavy atom. The molecule has 1 aliphatic heterocycles. The van der Waals surface area contributed by atoms with Crippen LogP contribution in [0.5, 0.6) is 0 Å². The van der Waals surface area contributed by atoms with Gasteiger partial charge in [0.05, 0.1) is 6.61 Å². The molecule has 1 heterocycles. The molecule has 0 aromatic carbocycles. The summed E-state index contributed by atoms with van der Waals surface area (Å²) in [5.74, 6) is -57.1. The molecule has 6 nitrogen and oxygen atoms in total. The van der Waals surface area contributed by atoms with E-state index in [0.717, 1.165) is 0 Å². The van der Waals surface area contributed by atoms with Gasteiger partial charge in [0.25, 0.3) is 0 Å². The van der Waals surface area contributed by atoms with E-state index in [1.54, 1.807) is 0 Å². The largest absolute Gasteiger partial charge is 0.460 e. The first-order valence-electron chi connectivity index (χ1n) is 10.1. The number of rotatable bonds is 12. The molecule has 0 aromatic rings. The summed E-state index contributed by atoms with van der Waals surface area (Å²) in [6.07, 6.45) is -22.5. The molecule has 0 saturated carbocycles. The number of hydrogen-bond acceptors (Lipinski definition) is 6. The van der Waals surface area contributed by atoms with Gasteiger partial charge in [-0.05, 0) is 6.42 Å². The first-order valence-corrected chi connectivity index (χ1v) is 10.1. The van der Waals surface area contributed by atoms with Crippen molar-refractivity contribution in [2.45, 2.75) is 91.2 Å². The lowest BCUT2D eigenvalue weighted by Crippen LogP contribution is -2.74. The molecular formula is C17H17F17O6. The fraction of sp³-hybridized carbons (Fsp3) is 1.00. The SMILES string of the molecule is OC[C@@H]1O[C@@H](O)[C@@H](O)[C@H](OCCCC(F)(F)C(F)(F)C(F)(F)C(F)(F)C(F)(F)C(F)(F)C(F)(F)C(F)(F)F)[C@H]1O. The Morgan fingerprint density at radius 1 is 0.575 bits per heavy atom. The number of hydrogen-bond donors (Lipinski definition) is 4. The van der Waals surface area contributed by atoms with Gasteiger partial charge in [0.15, 0.2) is 6.29 Å². The van der Waals surface area contributed by atoms with Crippen LogP contribution in [0.15, 0.2) is 0 Å². The van der Waals surface area contributed by atoms with Gasteiger partial charge in [-0.25, -0.2) is 0 Å². The van der Waals surface area contributed by atoms with E-state index in [9.17, 15) is 90.0 Å².